The van der Waals surface area contributed by atoms with E-state index in [-0.39, 0.29) is 29.1 Å². The van der Waals surface area contributed by atoms with Crippen LogP contribution in [-0.4, -0.2) is 33.6 Å². The summed E-state index contributed by atoms with van der Waals surface area (Å²) in [6.45, 7) is -1.46. The summed E-state index contributed by atoms with van der Waals surface area (Å²) in [7, 11) is 0. The van der Waals surface area contributed by atoms with Crippen molar-refractivity contribution in [1.29, 1.82) is 0 Å². The van der Waals surface area contributed by atoms with Crippen molar-refractivity contribution in [1.82, 2.24) is 20.3 Å². The van der Waals surface area contributed by atoms with Crippen molar-refractivity contribution in [2.45, 2.75) is 12.7 Å². The Morgan fingerprint density at radius 2 is 2.12 bits per heavy atom. The number of nitrogens with zero attached hydrogens (tertiary/aromatic N) is 3. The van der Waals surface area contributed by atoms with Gasteiger partial charge in [0.05, 0.1) is 0 Å². The number of amides is 1. The fourth-order valence-corrected chi connectivity index (χ4v) is 1.83. The lowest BCUT2D eigenvalue weighted by Gasteiger charge is -2.10. The molecular weight excluding hydrogens is 351 g/mol. The molecule has 0 unspecified atom stereocenters. The van der Waals surface area contributed by atoms with Crippen molar-refractivity contribution >= 4 is 23.5 Å². The number of anilines is 1. The zero-order valence-electron chi connectivity index (χ0n) is 12.0. The lowest BCUT2D eigenvalue weighted by atomic mass is 10.2. The highest BCUT2D eigenvalue weighted by atomic mass is 35.5. The molecule has 0 fully saturated rings. The molecule has 0 aliphatic rings. The van der Waals surface area contributed by atoms with Gasteiger partial charge in [-0.25, -0.2) is 15.0 Å². The molecule has 0 aliphatic heterocycles. The quantitative estimate of drug-likeness (QED) is 0.844. The minimum atomic E-state index is -4.49. The average molecular weight is 362 g/mol. The number of nitrogens with one attached hydrogen (secondary N) is 1. The first-order valence-electron chi connectivity index (χ1n) is 6.45. The Balaban J connectivity index is 1.96. The van der Waals surface area contributed by atoms with Gasteiger partial charge in [-0.2, -0.15) is 13.2 Å². The minimum absolute atomic E-state index is 0.0367. The molecule has 0 radical (unpaired) electrons. The van der Waals surface area contributed by atoms with E-state index in [1.165, 1.54) is 24.5 Å². The summed E-state index contributed by atoms with van der Waals surface area (Å²) in [6.07, 6.45) is -1.91. The standard InChI is InChI=1S/C13H11ClF3N5O2/c14-8-3-7(5-21-11(8)24-6-13(15,16)17)4-20-10(23)9-1-2-19-12(18)22-9/h1-3,5H,4,6H2,(H,20,23)(H2,18,19,22). The van der Waals surface area contributed by atoms with Crippen molar-refractivity contribution in [2.24, 2.45) is 0 Å². The van der Waals surface area contributed by atoms with E-state index in [0.29, 0.717) is 5.56 Å². The molecule has 2 aromatic heterocycles. The Morgan fingerprint density at radius 1 is 1.38 bits per heavy atom. The Labute approximate surface area is 139 Å². The third kappa shape index (κ3) is 5.23. The number of hydrogen-bond acceptors (Lipinski definition) is 6. The number of hydrogen-bond donors (Lipinski definition) is 2. The minimum Gasteiger partial charge on any atom is -0.467 e. The van der Waals surface area contributed by atoms with Crippen LogP contribution in [0.15, 0.2) is 24.5 Å². The monoisotopic (exact) mass is 361 g/mol. The number of carbonyl (C=O) groups excluding carboxylic acids is 1. The summed E-state index contributed by atoms with van der Waals surface area (Å²) in [5.74, 6) is -0.885. The van der Waals surface area contributed by atoms with E-state index in [1.54, 1.807) is 0 Å². The fourth-order valence-electron chi connectivity index (χ4n) is 1.59. The second-order valence-electron chi connectivity index (χ2n) is 4.52. The second-order valence-corrected chi connectivity index (χ2v) is 4.92. The molecule has 24 heavy (non-hydrogen) atoms. The van der Waals surface area contributed by atoms with Crippen LogP contribution in [0.25, 0.3) is 0 Å². The van der Waals surface area contributed by atoms with Crippen molar-refractivity contribution in [3.63, 3.8) is 0 Å². The molecule has 0 bridgehead atoms. The highest BCUT2D eigenvalue weighted by Gasteiger charge is 2.29. The van der Waals surface area contributed by atoms with Gasteiger partial charge in [0.1, 0.15) is 10.7 Å². The number of halogens is 4. The van der Waals surface area contributed by atoms with Gasteiger partial charge >= 0.3 is 6.18 Å². The fraction of sp³-hybridized carbons (Fsp3) is 0.231. The van der Waals surface area contributed by atoms with Crippen LogP contribution in [-0.2, 0) is 6.54 Å². The SMILES string of the molecule is Nc1nccc(C(=O)NCc2cnc(OCC(F)(F)F)c(Cl)c2)n1. The summed E-state index contributed by atoms with van der Waals surface area (Å²) in [5, 5.41) is 2.44. The molecule has 128 valence electrons. The molecule has 0 atom stereocenters. The first kappa shape index (κ1) is 17.7. The lowest BCUT2D eigenvalue weighted by Crippen LogP contribution is -2.24. The van der Waals surface area contributed by atoms with Gasteiger partial charge in [0, 0.05) is 18.9 Å². The first-order valence-corrected chi connectivity index (χ1v) is 6.83. The summed E-state index contributed by atoms with van der Waals surface area (Å²) in [4.78, 5) is 23.0. The number of alkyl halides is 3. The van der Waals surface area contributed by atoms with Gasteiger partial charge in [-0.15, -0.1) is 0 Å². The molecule has 11 heteroatoms. The van der Waals surface area contributed by atoms with Crippen molar-refractivity contribution in [3.8, 4) is 5.88 Å². The molecule has 0 spiro atoms. The van der Waals surface area contributed by atoms with Crippen LogP contribution in [0.4, 0.5) is 19.1 Å². The van der Waals surface area contributed by atoms with Crippen LogP contribution in [0, 0.1) is 0 Å². The molecule has 2 aromatic rings. The van der Waals surface area contributed by atoms with E-state index in [1.807, 2.05) is 0 Å². The topological polar surface area (TPSA) is 103 Å². The van der Waals surface area contributed by atoms with Crippen LogP contribution in [0.5, 0.6) is 5.88 Å². The number of pyridine rings is 1. The van der Waals surface area contributed by atoms with Gasteiger partial charge in [-0.05, 0) is 17.7 Å². The number of nitrogens with two attached hydrogens (primary N) is 1. The molecule has 3 N–H and O–H groups in total. The molecule has 1 amide bonds. The summed E-state index contributed by atoms with van der Waals surface area (Å²) in [5.41, 5.74) is 5.92. The molecule has 0 aliphatic carbocycles. The normalized spacial score (nSPS) is 11.2. The predicted molar refractivity (Wildman–Crippen MR) is 78.4 cm³/mol. The van der Waals surface area contributed by atoms with Gasteiger partial charge in [-0.3, -0.25) is 4.79 Å². The van der Waals surface area contributed by atoms with E-state index in [9.17, 15) is 18.0 Å². The van der Waals surface area contributed by atoms with Crippen molar-refractivity contribution in [3.05, 3.63) is 40.8 Å². The van der Waals surface area contributed by atoms with Crippen LogP contribution in [0.2, 0.25) is 5.02 Å². The molecule has 0 aromatic carbocycles. The van der Waals surface area contributed by atoms with Crippen LogP contribution in [0.1, 0.15) is 16.1 Å². The van der Waals surface area contributed by atoms with Crippen molar-refractivity contribution in [2.75, 3.05) is 12.3 Å². The van der Waals surface area contributed by atoms with E-state index in [2.05, 4.69) is 25.0 Å². The number of carbonyl (C=O) groups is 1. The van der Waals surface area contributed by atoms with Gasteiger partial charge in [0.2, 0.25) is 11.8 Å². The molecule has 0 saturated heterocycles. The zero-order chi connectivity index (χ0) is 17.7. The molecule has 2 rings (SSSR count). The number of aromatic nitrogens is 3. The van der Waals surface area contributed by atoms with Gasteiger partial charge in [-0.1, -0.05) is 11.6 Å². The molecule has 2 heterocycles. The highest BCUT2D eigenvalue weighted by molar-refractivity contribution is 6.31. The van der Waals surface area contributed by atoms with Crippen LogP contribution in [0.3, 0.4) is 0 Å². The Morgan fingerprint density at radius 3 is 2.75 bits per heavy atom. The summed E-state index contributed by atoms with van der Waals surface area (Å²) < 4.78 is 40.7. The van der Waals surface area contributed by atoms with Gasteiger partial charge in [0.25, 0.3) is 5.91 Å². The number of ether oxygens (including phenoxy) is 1. The maximum atomic E-state index is 12.1. The van der Waals surface area contributed by atoms with Crippen LogP contribution >= 0.6 is 11.6 Å². The van der Waals surface area contributed by atoms with E-state index in [0.717, 1.165) is 0 Å². The van der Waals surface area contributed by atoms with Crippen LogP contribution < -0.4 is 15.8 Å². The molecule has 0 saturated carbocycles. The van der Waals surface area contributed by atoms with Gasteiger partial charge < -0.3 is 15.8 Å². The Hall–Kier alpha value is -2.62. The number of rotatable bonds is 5. The highest BCUT2D eigenvalue weighted by Crippen LogP contribution is 2.24. The van der Waals surface area contributed by atoms with E-state index < -0.39 is 18.7 Å². The van der Waals surface area contributed by atoms with E-state index >= 15 is 0 Å². The Bertz CT molecular complexity index is 742. The second kappa shape index (κ2) is 7.30. The summed E-state index contributed by atoms with van der Waals surface area (Å²) >= 11 is 5.81. The lowest BCUT2D eigenvalue weighted by molar-refractivity contribution is -0.154. The largest absolute Gasteiger partial charge is 0.467 e. The third-order valence-electron chi connectivity index (χ3n) is 2.60. The molecular formula is C13H11ClF3N5O2. The van der Waals surface area contributed by atoms with Crippen molar-refractivity contribution < 1.29 is 22.7 Å². The smallest absolute Gasteiger partial charge is 0.422 e. The number of nitrogen functional groups attached to an aromatic ring is 1. The third-order valence-corrected chi connectivity index (χ3v) is 2.87. The molecule has 7 nitrogen and oxygen atoms in total. The maximum absolute atomic E-state index is 12.1. The maximum Gasteiger partial charge on any atom is 0.422 e. The zero-order valence-corrected chi connectivity index (χ0v) is 12.7. The predicted octanol–water partition coefficient (Wildman–Crippen LogP) is 1.98. The Kier molecular flexibility index (Phi) is 5.39. The van der Waals surface area contributed by atoms with Gasteiger partial charge in [0.15, 0.2) is 6.61 Å². The summed E-state index contributed by atoms with van der Waals surface area (Å²) in [6, 6.07) is 2.72. The first-order chi connectivity index (χ1) is 11.2. The average Bonchev–Trinajstić information content (AvgIpc) is 2.50. The van der Waals surface area contributed by atoms with E-state index in [4.69, 9.17) is 17.3 Å².